The molecule has 3 atom stereocenters. The van der Waals surface area contributed by atoms with Gasteiger partial charge in [0.2, 0.25) is 0 Å². The normalized spacial score (nSPS) is 20.4. The predicted molar refractivity (Wildman–Crippen MR) is 136 cm³/mol. The van der Waals surface area contributed by atoms with Crippen molar-refractivity contribution in [1.29, 1.82) is 0 Å². The minimum atomic E-state index is -0.294. The van der Waals surface area contributed by atoms with Crippen molar-refractivity contribution in [3.63, 3.8) is 0 Å². The van der Waals surface area contributed by atoms with Crippen molar-refractivity contribution in [2.45, 2.75) is 51.6 Å². The molecule has 4 rings (SSSR count). The zero-order valence-electron chi connectivity index (χ0n) is 19.3. The van der Waals surface area contributed by atoms with Gasteiger partial charge in [0.15, 0.2) is 0 Å². The lowest BCUT2D eigenvalue weighted by molar-refractivity contribution is 0.0956. The Kier molecular flexibility index (Phi) is 6.81. The van der Waals surface area contributed by atoms with E-state index in [-0.39, 0.29) is 23.3 Å². The Balaban J connectivity index is 1.42. The molecule has 33 heavy (non-hydrogen) atoms. The third-order valence-electron chi connectivity index (χ3n) is 6.26. The summed E-state index contributed by atoms with van der Waals surface area (Å²) in [5.41, 5.74) is 9.17. The van der Waals surface area contributed by atoms with Crippen LogP contribution in [-0.4, -0.2) is 50.1 Å². The fourth-order valence-electron chi connectivity index (χ4n) is 4.55. The molecule has 3 heterocycles. The number of thiophene rings is 1. The highest BCUT2D eigenvalue weighted by Crippen LogP contribution is 2.44. The van der Waals surface area contributed by atoms with Gasteiger partial charge in [-0.05, 0) is 57.0 Å². The molecule has 2 bridgehead atoms. The number of rotatable bonds is 7. The van der Waals surface area contributed by atoms with E-state index in [4.69, 9.17) is 5.73 Å². The number of benzene rings is 1. The van der Waals surface area contributed by atoms with Crippen LogP contribution in [0.25, 0.3) is 0 Å². The van der Waals surface area contributed by atoms with Crippen LogP contribution in [0.3, 0.4) is 0 Å². The molecule has 2 saturated heterocycles. The lowest BCUT2D eigenvalue weighted by Crippen LogP contribution is -2.51. The molecule has 2 fully saturated rings. The number of aliphatic imine (C=N–C) groups is 2. The van der Waals surface area contributed by atoms with Gasteiger partial charge in [-0.1, -0.05) is 13.0 Å². The van der Waals surface area contributed by atoms with E-state index in [1.807, 2.05) is 32.9 Å². The van der Waals surface area contributed by atoms with Crippen molar-refractivity contribution in [3.05, 3.63) is 34.5 Å². The number of anilines is 2. The molecule has 0 aliphatic carbocycles. The van der Waals surface area contributed by atoms with Gasteiger partial charge in [-0.25, -0.2) is 9.38 Å². The van der Waals surface area contributed by atoms with Gasteiger partial charge in [0.25, 0.3) is 5.91 Å². The highest BCUT2D eigenvalue weighted by Gasteiger charge is 2.33. The molecule has 2 aliphatic rings. The molecule has 7 nitrogen and oxygen atoms in total. The van der Waals surface area contributed by atoms with Crippen LogP contribution in [0.2, 0.25) is 0 Å². The Morgan fingerprint density at radius 1 is 1.36 bits per heavy atom. The first-order valence-electron chi connectivity index (χ1n) is 11.3. The van der Waals surface area contributed by atoms with Gasteiger partial charge >= 0.3 is 0 Å². The highest BCUT2D eigenvalue weighted by molar-refractivity contribution is 7.19. The number of nitrogens with zero attached hydrogens (tertiary/aromatic N) is 3. The molecule has 2 aromatic rings. The standard InChI is InChI=1S/C24H31FN6OS/c1-13(2)29-24-21(27-4)20(26)22(33-24)23(32)28-10-14(3)15-5-8-19(18(25)9-15)31-11-16-6-7-17(12-31)30-16/h5,8-9,14,16-17,30H,4,6-7,10-12,26H2,1-3H3,(H,28,32)/t14-,16?,17?/m0/s1. The number of carbonyl (C=O) groups excluding carboxylic acids is 1. The Morgan fingerprint density at radius 2 is 2.06 bits per heavy atom. The van der Waals surface area contributed by atoms with Crippen LogP contribution in [0.15, 0.2) is 28.2 Å². The second kappa shape index (κ2) is 9.61. The maximum absolute atomic E-state index is 15.0. The van der Waals surface area contributed by atoms with Crippen LogP contribution in [0, 0.1) is 5.82 Å². The zero-order chi connectivity index (χ0) is 23.7. The maximum atomic E-state index is 15.0. The number of amides is 1. The first-order chi connectivity index (χ1) is 15.8. The Hall–Kier alpha value is -2.78. The smallest absolute Gasteiger partial charge is 0.263 e. The van der Waals surface area contributed by atoms with Gasteiger partial charge < -0.3 is 21.3 Å². The predicted octanol–water partition coefficient (Wildman–Crippen LogP) is 4.39. The van der Waals surface area contributed by atoms with Gasteiger partial charge in [0, 0.05) is 37.4 Å². The number of nitrogen functional groups attached to an aromatic ring is 1. The summed E-state index contributed by atoms with van der Waals surface area (Å²) >= 11 is 1.19. The molecule has 9 heteroatoms. The molecule has 1 aromatic heterocycles. The molecule has 2 aliphatic heterocycles. The number of piperazine rings is 1. The number of nitrogens with two attached hydrogens (primary N) is 1. The number of hydrogen-bond donors (Lipinski definition) is 3. The lowest BCUT2D eigenvalue weighted by atomic mass is 10.00. The maximum Gasteiger partial charge on any atom is 0.263 e. The summed E-state index contributed by atoms with van der Waals surface area (Å²) in [4.78, 5) is 23.6. The van der Waals surface area contributed by atoms with Crippen LogP contribution >= 0.6 is 11.3 Å². The average molecular weight is 471 g/mol. The fraction of sp³-hybridized carbons (Fsp3) is 0.458. The van der Waals surface area contributed by atoms with Gasteiger partial charge in [0.05, 0.1) is 11.4 Å². The summed E-state index contributed by atoms with van der Waals surface area (Å²) in [6.45, 7) is 11.3. The van der Waals surface area contributed by atoms with E-state index in [0.717, 1.165) is 37.2 Å². The van der Waals surface area contributed by atoms with Crippen molar-refractivity contribution in [2.75, 3.05) is 30.3 Å². The van der Waals surface area contributed by atoms with E-state index in [2.05, 4.69) is 32.2 Å². The van der Waals surface area contributed by atoms with Crippen molar-refractivity contribution in [3.8, 4) is 0 Å². The summed E-state index contributed by atoms with van der Waals surface area (Å²) in [5.74, 6) is -0.572. The SMILES string of the molecule is C=Nc1c(N=C(C)C)sc(C(=O)NC[C@H](C)c2ccc(N3CC4CCC(C3)N4)c(F)c2)c1N. The van der Waals surface area contributed by atoms with Crippen LogP contribution in [-0.2, 0) is 0 Å². The minimum absolute atomic E-state index is 0.0646. The van der Waals surface area contributed by atoms with Crippen molar-refractivity contribution in [1.82, 2.24) is 10.6 Å². The Morgan fingerprint density at radius 3 is 2.67 bits per heavy atom. The van der Waals surface area contributed by atoms with Gasteiger partial charge in [0.1, 0.15) is 21.4 Å². The molecule has 0 saturated carbocycles. The van der Waals surface area contributed by atoms with E-state index < -0.39 is 0 Å². The van der Waals surface area contributed by atoms with E-state index in [1.54, 1.807) is 6.07 Å². The molecule has 4 N–H and O–H groups in total. The molecule has 0 spiro atoms. The average Bonchev–Trinajstić information content (AvgIpc) is 3.28. The topological polar surface area (TPSA) is 95.1 Å². The van der Waals surface area contributed by atoms with Gasteiger partial charge in [-0.2, -0.15) is 0 Å². The third kappa shape index (κ3) is 4.94. The number of fused-ring (bicyclic) bond motifs is 2. The first kappa shape index (κ1) is 23.4. The van der Waals surface area contributed by atoms with Gasteiger partial charge in [-0.3, -0.25) is 9.79 Å². The second-order valence-electron chi connectivity index (χ2n) is 9.08. The van der Waals surface area contributed by atoms with Crippen molar-refractivity contribution >= 4 is 51.7 Å². The number of hydrogen-bond acceptors (Lipinski definition) is 7. The molecule has 0 radical (unpaired) electrons. The minimum Gasteiger partial charge on any atom is -0.396 e. The third-order valence-corrected chi connectivity index (χ3v) is 7.34. The summed E-state index contributed by atoms with van der Waals surface area (Å²) in [5, 5.41) is 7.06. The number of carbonyl (C=O) groups is 1. The summed E-state index contributed by atoms with van der Waals surface area (Å²) in [7, 11) is 0. The van der Waals surface area contributed by atoms with Crippen LogP contribution in [0.1, 0.15) is 54.8 Å². The van der Waals surface area contributed by atoms with Crippen LogP contribution in [0.5, 0.6) is 0 Å². The number of nitrogens with one attached hydrogen (secondary N) is 2. The monoisotopic (exact) mass is 470 g/mol. The summed E-state index contributed by atoms with van der Waals surface area (Å²) in [6.07, 6.45) is 2.31. The van der Waals surface area contributed by atoms with E-state index in [9.17, 15) is 9.18 Å². The van der Waals surface area contributed by atoms with Crippen molar-refractivity contribution in [2.24, 2.45) is 9.98 Å². The van der Waals surface area contributed by atoms with Crippen molar-refractivity contribution < 1.29 is 9.18 Å². The van der Waals surface area contributed by atoms with E-state index >= 15 is 0 Å². The first-order valence-corrected chi connectivity index (χ1v) is 12.1. The molecular weight excluding hydrogens is 439 g/mol. The molecular formula is C24H31FN6OS. The van der Waals surface area contributed by atoms with Crippen LogP contribution < -0.4 is 21.3 Å². The molecule has 1 aromatic carbocycles. The Bertz CT molecular complexity index is 1080. The molecule has 2 unspecified atom stereocenters. The quantitative estimate of drug-likeness (QED) is 0.523. The summed E-state index contributed by atoms with van der Waals surface area (Å²) in [6, 6.07) is 6.31. The van der Waals surface area contributed by atoms with Gasteiger partial charge in [-0.15, -0.1) is 11.3 Å². The lowest BCUT2D eigenvalue weighted by Gasteiger charge is -2.35. The fourth-order valence-corrected chi connectivity index (χ4v) is 5.61. The van der Waals surface area contributed by atoms with E-state index in [1.165, 1.54) is 11.3 Å². The largest absolute Gasteiger partial charge is 0.396 e. The highest BCUT2D eigenvalue weighted by atomic mass is 32.1. The second-order valence-corrected chi connectivity index (χ2v) is 10.1. The summed E-state index contributed by atoms with van der Waals surface area (Å²) < 4.78 is 15.0. The Labute approximate surface area is 198 Å². The molecule has 1 amide bonds. The number of halogens is 1. The van der Waals surface area contributed by atoms with E-state index in [0.29, 0.717) is 39.9 Å². The molecule has 176 valence electrons. The van der Waals surface area contributed by atoms with Crippen LogP contribution in [0.4, 0.5) is 26.5 Å². The zero-order valence-corrected chi connectivity index (χ0v) is 20.1.